The lowest BCUT2D eigenvalue weighted by molar-refractivity contribution is 0.0338. The molecular weight excluding hydrogens is 406 g/mol. The van der Waals surface area contributed by atoms with Gasteiger partial charge in [-0.05, 0) is 36.2 Å². The second kappa shape index (κ2) is 9.20. The number of rotatable bonds is 5. The predicted molar refractivity (Wildman–Crippen MR) is 120 cm³/mol. The van der Waals surface area contributed by atoms with Gasteiger partial charge in [0.1, 0.15) is 11.6 Å². The topological polar surface area (TPSA) is 94.6 Å². The van der Waals surface area contributed by atoms with Gasteiger partial charge in [-0.1, -0.05) is 6.07 Å². The Morgan fingerprint density at radius 2 is 1.84 bits per heavy atom. The summed E-state index contributed by atoms with van der Waals surface area (Å²) in [5.74, 6) is 0.912. The Morgan fingerprint density at radius 1 is 1.03 bits per heavy atom. The van der Waals surface area contributed by atoms with Gasteiger partial charge in [0.25, 0.3) is 5.56 Å². The standard InChI is InChI=1S/C24H27N5O3/c30-22-2-1-17(13-19(22)15-28-9-11-32-12-10-28)14-29-8-5-20-21(16-29)26-23(27-24(20)31)18-3-6-25-7-4-18/h1-4,6-7,13,30H,5,8-12,14-16H2,(H,26,27,31). The van der Waals surface area contributed by atoms with Gasteiger partial charge in [-0.2, -0.15) is 0 Å². The zero-order valence-electron chi connectivity index (χ0n) is 18.0. The number of nitrogens with zero attached hydrogens (tertiary/aromatic N) is 4. The molecule has 0 unspecified atom stereocenters. The highest BCUT2D eigenvalue weighted by molar-refractivity contribution is 5.54. The summed E-state index contributed by atoms with van der Waals surface area (Å²) in [6.07, 6.45) is 4.06. The molecule has 1 fully saturated rings. The van der Waals surface area contributed by atoms with Gasteiger partial charge in [-0.3, -0.25) is 19.6 Å². The maximum atomic E-state index is 12.6. The van der Waals surface area contributed by atoms with Crippen LogP contribution in [0.15, 0.2) is 47.5 Å². The Morgan fingerprint density at radius 3 is 2.66 bits per heavy atom. The number of benzene rings is 1. The summed E-state index contributed by atoms with van der Waals surface area (Å²) in [5, 5.41) is 10.3. The molecule has 0 atom stereocenters. The number of H-pyrrole nitrogens is 1. The van der Waals surface area contributed by atoms with Crippen molar-refractivity contribution in [3.05, 3.63) is 75.5 Å². The number of pyridine rings is 1. The molecule has 5 rings (SSSR count). The summed E-state index contributed by atoms with van der Waals surface area (Å²) in [5.41, 5.74) is 4.49. The summed E-state index contributed by atoms with van der Waals surface area (Å²) >= 11 is 0. The Bertz CT molecular complexity index is 1140. The highest BCUT2D eigenvalue weighted by atomic mass is 16.5. The smallest absolute Gasteiger partial charge is 0.254 e. The molecule has 1 saturated heterocycles. The van der Waals surface area contributed by atoms with Crippen molar-refractivity contribution in [3.8, 4) is 17.1 Å². The molecule has 4 heterocycles. The molecule has 32 heavy (non-hydrogen) atoms. The highest BCUT2D eigenvalue weighted by Gasteiger charge is 2.22. The third-order valence-electron chi connectivity index (χ3n) is 6.15. The van der Waals surface area contributed by atoms with E-state index in [-0.39, 0.29) is 5.56 Å². The molecule has 8 heteroatoms. The third-order valence-corrected chi connectivity index (χ3v) is 6.15. The summed E-state index contributed by atoms with van der Waals surface area (Å²) < 4.78 is 5.42. The molecule has 2 aliphatic rings. The fourth-order valence-corrected chi connectivity index (χ4v) is 4.40. The lowest BCUT2D eigenvalue weighted by Gasteiger charge is -2.29. The SMILES string of the molecule is O=c1[nH]c(-c2ccncc2)nc2c1CCN(Cc1ccc(O)c(CN3CCOCC3)c1)C2. The number of aromatic nitrogens is 3. The molecule has 2 N–H and O–H groups in total. The van der Waals surface area contributed by atoms with Crippen LogP contribution in [0.3, 0.4) is 0 Å². The molecule has 2 aromatic heterocycles. The normalized spacial score (nSPS) is 17.2. The number of hydrogen-bond donors (Lipinski definition) is 2. The second-order valence-electron chi connectivity index (χ2n) is 8.39. The van der Waals surface area contributed by atoms with Crippen LogP contribution in [0, 0.1) is 0 Å². The van der Waals surface area contributed by atoms with Crippen molar-refractivity contribution in [1.82, 2.24) is 24.8 Å². The second-order valence-corrected chi connectivity index (χ2v) is 8.39. The van der Waals surface area contributed by atoms with Gasteiger partial charge in [0.2, 0.25) is 0 Å². The molecule has 3 aromatic rings. The van der Waals surface area contributed by atoms with Gasteiger partial charge in [0.15, 0.2) is 0 Å². The van der Waals surface area contributed by atoms with Crippen molar-refractivity contribution < 1.29 is 9.84 Å². The van der Waals surface area contributed by atoms with E-state index in [0.29, 0.717) is 24.5 Å². The molecule has 0 spiro atoms. The van der Waals surface area contributed by atoms with Gasteiger partial charge < -0.3 is 14.8 Å². The van der Waals surface area contributed by atoms with Crippen molar-refractivity contribution in [3.63, 3.8) is 0 Å². The third kappa shape index (κ3) is 4.57. The van der Waals surface area contributed by atoms with E-state index in [4.69, 9.17) is 9.72 Å². The van der Waals surface area contributed by atoms with Crippen LogP contribution in [0.25, 0.3) is 11.4 Å². The average molecular weight is 434 g/mol. The van der Waals surface area contributed by atoms with Crippen LogP contribution in [-0.4, -0.2) is 62.7 Å². The largest absolute Gasteiger partial charge is 0.508 e. The van der Waals surface area contributed by atoms with Gasteiger partial charge in [0.05, 0.1) is 18.9 Å². The zero-order valence-corrected chi connectivity index (χ0v) is 18.0. The first-order valence-electron chi connectivity index (χ1n) is 11.0. The minimum atomic E-state index is -0.0566. The van der Waals surface area contributed by atoms with Crippen molar-refractivity contribution in [1.29, 1.82) is 0 Å². The van der Waals surface area contributed by atoms with E-state index >= 15 is 0 Å². The number of aromatic hydroxyl groups is 1. The van der Waals surface area contributed by atoms with Crippen molar-refractivity contribution >= 4 is 0 Å². The van der Waals surface area contributed by atoms with Gasteiger partial charge in [0, 0.05) is 68.4 Å². The highest BCUT2D eigenvalue weighted by Crippen LogP contribution is 2.24. The minimum Gasteiger partial charge on any atom is -0.508 e. The Balaban J connectivity index is 1.32. The zero-order chi connectivity index (χ0) is 21.9. The van der Waals surface area contributed by atoms with Crippen molar-refractivity contribution in [2.45, 2.75) is 26.1 Å². The lowest BCUT2D eigenvalue weighted by atomic mass is 10.0. The van der Waals surface area contributed by atoms with Crippen LogP contribution in [0.5, 0.6) is 5.75 Å². The van der Waals surface area contributed by atoms with E-state index in [9.17, 15) is 9.90 Å². The number of fused-ring (bicyclic) bond motifs is 1. The fraction of sp³-hybridized carbons (Fsp3) is 0.375. The minimum absolute atomic E-state index is 0.0566. The van der Waals surface area contributed by atoms with Crippen LogP contribution in [0.2, 0.25) is 0 Å². The van der Waals surface area contributed by atoms with Crippen LogP contribution < -0.4 is 5.56 Å². The molecule has 0 saturated carbocycles. The molecule has 0 bridgehead atoms. The molecule has 8 nitrogen and oxygen atoms in total. The molecule has 1 aromatic carbocycles. The van der Waals surface area contributed by atoms with Gasteiger partial charge in [-0.25, -0.2) is 4.98 Å². The van der Waals surface area contributed by atoms with Crippen molar-refractivity contribution in [2.75, 3.05) is 32.8 Å². The quantitative estimate of drug-likeness (QED) is 0.635. The van der Waals surface area contributed by atoms with Crippen LogP contribution in [0.4, 0.5) is 0 Å². The Labute approximate surface area is 186 Å². The molecule has 2 aliphatic heterocycles. The summed E-state index contributed by atoms with van der Waals surface area (Å²) in [4.78, 5) is 28.9. The monoisotopic (exact) mass is 433 g/mol. The first-order chi connectivity index (χ1) is 15.7. The number of phenols is 1. The van der Waals surface area contributed by atoms with E-state index in [1.165, 1.54) is 0 Å². The number of ether oxygens (including phenoxy) is 1. The molecule has 166 valence electrons. The Kier molecular flexibility index (Phi) is 5.98. The first-order valence-corrected chi connectivity index (χ1v) is 11.0. The van der Waals surface area contributed by atoms with Crippen LogP contribution in [0.1, 0.15) is 22.4 Å². The number of aromatic amines is 1. The van der Waals surface area contributed by atoms with Crippen LogP contribution >= 0.6 is 0 Å². The van der Waals surface area contributed by atoms with E-state index in [2.05, 4.69) is 25.8 Å². The molecule has 0 radical (unpaired) electrons. The lowest BCUT2D eigenvalue weighted by Crippen LogP contribution is -2.36. The van der Waals surface area contributed by atoms with E-state index in [0.717, 1.165) is 73.9 Å². The number of hydrogen-bond acceptors (Lipinski definition) is 7. The van der Waals surface area contributed by atoms with Crippen LogP contribution in [-0.2, 0) is 30.8 Å². The van der Waals surface area contributed by atoms with Gasteiger partial charge >= 0.3 is 0 Å². The maximum absolute atomic E-state index is 12.6. The average Bonchev–Trinajstić information content (AvgIpc) is 2.82. The maximum Gasteiger partial charge on any atom is 0.254 e. The molecule has 0 amide bonds. The van der Waals surface area contributed by atoms with E-state index in [1.807, 2.05) is 18.2 Å². The first kappa shape index (κ1) is 20.8. The number of phenolic OH excluding ortho intramolecular Hbond substituents is 1. The summed E-state index contributed by atoms with van der Waals surface area (Å²) in [6.45, 7) is 6.12. The molecule has 0 aliphatic carbocycles. The van der Waals surface area contributed by atoms with Crippen molar-refractivity contribution in [2.24, 2.45) is 0 Å². The summed E-state index contributed by atoms with van der Waals surface area (Å²) in [7, 11) is 0. The van der Waals surface area contributed by atoms with E-state index in [1.54, 1.807) is 18.5 Å². The van der Waals surface area contributed by atoms with Gasteiger partial charge in [-0.15, -0.1) is 0 Å². The Hall–Kier alpha value is -3.07. The number of nitrogens with one attached hydrogen (secondary N) is 1. The van der Waals surface area contributed by atoms with E-state index < -0.39 is 0 Å². The number of morpholine rings is 1. The molecular formula is C24H27N5O3. The summed E-state index contributed by atoms with van der Waals surface area (Å²) in [6, 6.07) is 9.54. The fourth-order valence-electron chi connectivity index (χ4n) is 4.40. The predicted octanol–water partition coefficient (Wildman–Crippen LogP) is 1.93.